The predicted octanol–water partition coefficient (Wildman–Crippen LogP) is 0.341. The lowest BCUT2D eigenvalue weighted by Gasteiger charge is -2.13. The van der Waals surface area contributed by atoms with Gasteiger partial charge < -0.3 is 9.63 Å². The number of aryl methyl sites for hydroxylation is 2. The maximum absolute atomic E-state index is 11.9. The molecule has 0 saturated heterocycles. The summed E-state index contributed by atoms with van der Waals surface area (Å²) in [4.78, 5) is 0.0550. The highest BCUT2D eigenvalue weighted by Crippen LogP contribution is 2.18. The van der Waals surface area contributed by atoms with Crippen molar-refractivity contribution in [3.8, 4) is 0 Å². The largest absolute Gasteiger partial charge is 0.395 e. The Morgan fingerprint density at radius 3 is 2.50 bits per heavy atom. The minimum Gasteiger partial charge on any atom is -0.395 e. The van der Waals surface area contributed by atoms with Crippen molar-refractivity contribution < 1.29 is 18.0 Å². The minimum absolute atomic E-state index is 0.0550. The number of nitrogens with one attached hydrogen (secondary N) is 1. The molecule has 1 unspecified atom stereocenters. The standard InChI is InChI=1S/C9H16N2O4S/c1-4-8(5-12)11-16(13,14)9-6(2)10-15-7(9)3/h8,11-12H,4-5H2,1-3H3. The third kappa shape index (κ3) is 2.60. The molecule has 0 spiro atoms. The van der Waals surface area contributed by atoms with E-state index >= 15 is 0 Å². The third-order valence-corrected chi connectivity index (χ3v) is 4.04. The van der Waals surface area contributed by atoms with Crippen LogP contribution in [0.25, 0.3) is 0 Å². The van der Waals surface area contributed by atoms with Gasteiger partial charge in [0.1, 0.15) is 10.6 Å². The molecule has 16 heavy (non-hydrogen) atoms. The quantitative estimate of drug-likeness (QED) is 0.784. The zero-order chi connectivity index (χ0) is 12.3. The first-order valence-electron chi connectivity index (χ1n) is 4.98. The molecule has 0 fully saturated rings. The van der Waals surface area contributed by atoms with Crippen molar-refractivity contribution in [3.63, 3.8) is 0 Å². The second-order valence-electron chi connectivity index (χ2n) is 3.56. The van der Waals surface area contributed by atoms with Gasteiger partial charge in [0.05, 0.1) is 6.61 Å². The summed E-state index contributed by atoms with van der Waals surface area (Å²) in [5.41, 5.74) is 0.317. The number of hydrogen-bond donors (Lipinski definition) is 2. The van der Waals surface area contributed by atoms with Crippen molar-refractivity contribution in [3.05, 3.63) is 11.5 Å². The molecule has 2 N–H and O–H groups in total. The zero-order valence-electron chi connectivity index (χ0n) is 9.52. The van der Waals surface area contributed by atoms with Gasteiger partial charge >= 0.3 is 0 Å². The molecule has 0 amide bonds. The SMILES string of the molecule is CCC(CO)NS(=O)(=O)c1c(C)noc1C. The molecule has 6 nitrogen and oxygen atoms in total. The number of aromatic nitrogens is 1. The van der Waals surface area contributed by atoms with Gasteiger partial charge in [-0.1, -0.05) is 12.1 Å². The average molecular weight is 248 g/mol. The molecular weight excluding hydrogens is 232 g/mol. The molecule has 1 aromatic rings. The van der Waals surface area contributed by atoms with E-state index in [1.807, 2.05) is 0 Å². The second-order valence-corrected chi connectivity index (χ2v) is 5.21. The highest BCUT2D eigenvalue weighted by atomic mass is 32.2. The van der Waals surface area contributed by atoms with E-state index in [1.165, 1.54) is 6.92 Å². The number of aliphatic hydroxyl groups is 1. The van der Waals surface area contributed by atoms with Crippen LogP contribution in [-0.4, -0.2) is 31.3 Å². The van der Waals surface area contributed by atoms with Gasteiger partial charge in [0.15, 0.2) is 5.76 Å². The maximum atomic E-state index is 11.9. The molecule has 1 rings (SSSR count). The third-order valence-electron chi connectivity index (χ3n) is 2.27. The Morgan fingerprint density at radius 1 is 1.50 bits per heavy atom. The molecule has 1 heterocycles. The summed E-state index contributed by atoms with van der Waals surface area (Å²) < 4.78 is 31.1. The van der Waals surface area contributed by atoms with Crippen LogP contribution < -0.4 is 4.72 Å². The Labute approximate surface area is 94.7 Å². The molecule has 0 aliphatic heterocycles. The Kier molecular flexibility index (Phi) is 4.06. The van der Waals surface area contributed by atoms with Gasteiger partial charge in [0, 0.05) is 6.04 Å². The average Bonchev–Trinajstić information content (AvgIpc) is 2.55. The summed E-state index contributed by atoms with van der Waals surface area (Å²) in [7, 11) is -3.67. The molecule has 0 aliphatic rings. The van der Waals surface area contributed by atoms with Gasteiger partial charge in [-0.15, -0.1) is 0 Å². The van der Waals surface area contributed by atoms with Crippen LogP contribution in [0.3, 0.4) is 0 Å². The van der Waals surface area contributed by atoms with Crippen molar-refractivity contribution in [2.24, 2.45) is 0 Å². The highest BCUT2D eigenvalue weighted by Gasteiger charge is 2.26. The number of aliphatic hydroxyl groups excluding tert-OH is 1. The molecule has 0 saturated carbocycles. The van der Waals surface area contributed by atoms with Crippen LogP contribution in [0.4, 0.5) is 0 Å². The van der Waals surface area contributed by atoms with Crippen LogP contribution in [0.2, 0.25) is 0 Å². The Bertz CT molecular complexity index is 429. The molecule has 92 valence electrons. The fourth-order valence-electron chi connectivity index (χ4n) is 1.39. The first-order valence-corrected chi connectivity index (χ1v) is 6.46. The topological polar surface area (TPSA) is 92.4 Å². The Morgan fingerprint density at radius 2 is 2.12 bits per heavy atom. The van der Waals surface area contributed by atoms with Gasteiger partial charge in [-0.25, -0.2) is 13.1 Å². The molecule has 0 radical (unpaired) electrons. The minimum atomic E-state index is -3.67. The van der Waals surface area contributed by atoms with Crippen LogP contribution in [0.5, 0.6) is 0 Å². The summed E-state index contributed by atoms with van der Waals surface area (Å²) in [5, 5.41) is 12.5. The number of nitrogens with zero attached hydrogens (tertiary/aromatic N) is 1. The van der Waals surface area contributed by atoms with Crippen LogP contribution in [0.1, 0.15) is 24.8 Å². The molecular formula is C9H16N2O4S. The lowest BCUT2D eigenvalue weighted by atomic mass is 10.3. The maximum Gasteiger partial charge on any atom is 0.246 e. The molecule has 0 aromatic carbocycles. The second kappa shape index (κ2) is 4.94. The van der Waals surface area contributed by atoms with Gasteiger partial charge in [0.2, 0.25) is 10.0 Å². The zero-order valence-corrected chi connectivity index (χ0v) is 10.3. The van der Waals surface area contributed by atoms with Crippen molar-refractivity contribution in [1.82, 2.24) is 9.88 Å². The summed E-state index contributed by atoms with van der Waals surface area (Å²) in [6.45, 7) is 4.65. The van der Waals surface area contributed by atoms with Crippen LogP contribution in [0, 0.1) is 13.8 Å². The fraction of sp³-hybridized carbons (Fsp3) is 0.667. The smallest absolute Gasteiger partial charge is 0.246 e. The molecule has 1 atom stereocenters. The van der Waals surface area contributed by atoms with E-state index in [0.29, 0.717) is 12.1 Å². The summed E-state index contributed by atoms with van der Waals surface area (Å²) in [5.74, 6) is 0.248. The molecule has 0 aliphatic carbocycles. The van der Waals surface area contributed by atoms with Crippen LogP contribution >= 0.6 is 0 Å². The summed E-state index contributed by atoms with van der Waals surface area (Å²) in [6, 6.07) is -0.487. The lowest BCUT2D eigenvalue weighted by Crippen LogP contribution is -2.37. The normalized spacial score (nSPS) is 14.0. The summed E-state index contributed by atoms with van der Waals surface area (Å²) in [6.07, 6.45) is 0.513. The van der Waals surface area contributed by atoms with Gasteiger partial charge in [-0.05, 0) is 20.3 Å². The molecule has 0 bridgehead atoms. The van der Waals surface area contributed by atoms with Gasteiger partial charge in [0.25, 0.3) is 0 Å². The van der Waals surface area contributed by atoms with E-state index in [0.717, 1.165) is 0 Å². The molecule has 7 heteroatoms. The molecule has 1 aromatic heterocycles. The van der Waals surface area contributed by atoms with Crippen LogP contribution in [-0.2, 0) is 10.0 Å². The van der Waals surface area contributed by atoms with Crippen molar-refractivity contribution >= 4 is 10.0 Å². The number of rotatable bonds is 5. The number of hydrogen-bond acceptors (Lipinski definition) is 5. The van der Waals surface area contributed by atoms with E-state index in [2.05, 4.69) is 9.88 Å². The fourth-order valence-corrected chi connectivity index (χ4v) is 3.03. The van der Waals surface area contributed by atoms with Crippen molar-refractivity contribution in [1.29, 1.82) is 0 Å². The Hall–Kier alpha value is -0.920. The monoisotopic (exact) mass is 248 g/mol. The first-order chi connectivity index (χ1) is 7.42. The van der Waals surface area contributed by atoms with Gasteiger partial charge in [-0.3, -0.25) is 0 Å². The lowest BCUT2D eigenvalue weighted by molar-refractivity contribution is 0.253. The Balaban J connectivity index is 3.03. The van der Waals surface area contributed by atoms with Crippen LogP contribution in [0.15, 0.2) is 9.42 Å². The summed E-state index contributed by atoms with van der Waals surface area (Å²) >= 11 is 0. The van der Waals surface area contributed by atoms with Crippen molar-refractivity contribution in [2.75, 3.05) is 6.61 Å². The highest BCUT2D eigenvalue weighted by molar-refractivity contribution is 7.89. The van der Waals surface area contributed by atoms with Crippen molar-refractivity contribution in [2.45, 2.75) is 38.1 Å². The van der Waals surface area contributed by atoms with E-state index in [-0.39, 0.29) is 17.3 Å². The van der Waals surface area contributed by atoms with E-state index in [9.17, 15) is 8.42 Å². The van der Waals surface area contributed by atoms with E-state index in [4.69, 9.17) is 9.63 Å². The first kappa shape index (κ1) is 13.1. The van der Waals surface area contributed by atoms with Gasteiger partial charge in [-0.2, -0.15) is 0 Å². The van der Waals surface area contributed by atoms with E-state index in [1.54, 1.807) is 13.8 Å². The number of sulfonamides is 1. The predicted molar refractivity (Wildman–Crippen MR) is 57.5 cm³/mol. The van der Waals surface area contributed by atoms with E-state index < -0.39 is 16.1 Å².